The minimum absolute atomic E-state index is 0.213. The van der Waals surface area contributed by atoms with Crippen molar-refractivity contribution in [2.45, 2.75) is 19.5 Å². The van der Waals surface area contributed by atoms with Gasteiger partial charge in [-0.05, 0) is 35.4 Å². The minimum atomic E-state index is -0.850. The first kappa shape index (κ1) is 14.3. The maximum atomic E-state index is 11.4. The molecule has 3 rings (SSSR count). The molecule has 1 atom stereocenters. The molecule has 1 unspecified atom stereocenters. The van der Waals surface area contributed by atoms with E-state index >= 15 is 0 Å². The Balaban J connectivity index is 1.89. The number of nitrogens with one attached hydrogen (secondary N) is 1. The molecule has 0 spiro atoms. The minimum Gasteiger partial charge on any atom is -0.477 e. The number of thiophene rings is 2. The summed E-state index contributed by atoms with van der Waals surface area (Å²) < 4.78 is 1.02. The van der Waals surface area contributed by atoms with E-state index in [1.54, 1.807) is 11.3 Å². The van der Waals surface area contributed by atoms with Crippen LogP contribution in [-0.4, -0.2) is 11.1 Å². The predicted molar refractivity (Wildman–Crippen MR) is 88.4 cm³/mol. The van der Waals surface area contributed by atoms with Crippen LogP contribution in [0.5, 0.6) is 0 Å². The molecule has 0 aliphatic carbocycles. The maximum Gasteiger partial charge on any atom is 0.346 e. The van der Waals surface area contributed by atoms with E-state index in [9.17, 15) is 9.90 Å². The van der Waals surface area contributed by atoms with Crippen molar-refractivity contribution in [2.75, 3.05) is 0 Å². The summed E-state index contributed by atoms with van der Waals surface area (Å²) in [7, 11) is 0. The van der Waals surface area contributed by atoms with Crippen molar-refractivity contribution < 1.29 is 9.90 Å². The summed E-state index contributed by atoms with van der Waals surface area (Å²) in [5.74, 6) is -0.850. The van der Waals surface area contributed by atoms with Gasteiger partial charge in [-0.1, -0.05) is 24.3 Å². The van der Waals surface area contributed by atoms with Gasteiger partial charge in [0.1, 0.15) is 4.88 Å². The molecular formula is C16H15NO2S2. The fraction of sp³-hybridized carbons (Fsp3) is 0.188. The van der Waals surface area contributed by atoms with Gasteiger partial charge in [-0.25, -0.2) is 4.79 Å². The van der Waals surface area contributed by atoms with E-state index in [-0.39, 0.29) is 6.04 Å². The SMILES string of the molecule is CC(NCc1c(C(=O)O)sc2ccccc12)c1cccs1. The van der Waals surface area contributed by atoms with Crippen LogP contribution in [0.15, 0.2) is 41.8 Å². The Bertz CT molecular complexity index is 762. The number of fused-ring (bicyclic) bond motifs is 1. The van der Waals surface area contributed by atoms with Crippen LogP contribution in [-0.2, 0) is 6.54 Å². The predicted octanol–water partition coefficient (Wildman–Crippen LogP) is 4.51. The highest BCUT2D eigenvalue weighted by atomic mass is 32.1. The lowest BCUT2D eigenvalue weighted by Gasteiger charge is -2.12. The highest BCUT2D eigenvalue weighted by Crippen LogP contribution is 2.31. The van der Waals surface area contributed by atoms with Crippen molar-refractivity contribution in [1.82, 2.24) is 5.32 Å². The molecule has 0 radical (unpaired) electrons. The van der Waals surface area contributed by atoms with E-state index in [0.29, 0.717) is 11.4 Å². The fourth-order valence-corrected chi connectivity index (χ4v) is 4.16. The highest BCUT2D eigenvalue weighted by molar-refractivity contribution is 7.21. The molecule has 0 aliphatic heterocycles. The Labute approximate surface area is 130 Å². The molecule has 0 saturated carbocycles. The maximum absolute atomic E-state index is 11.4. The van der Waals surface area contributed by atoms with E-state index in [2.05, 4.69) is 23.7 Å². The monoisotopic (exact) mass is 317 g/mol. The van der Waals surface area contributed by atoms with Crippen molar-refractivity contribution >= 4 is 38.7 Å². The Morgan fingerprint density at radius 1 is 1.29 bits per heavy atom. The van der Waals surface area contributed by atoms with Gasteiger partial charge in [0.2, 0.25) is 0 Å². The molecule has 2 N–H and O–H groups in total. The molecule has 5 heteroatoms. The zero-order chi connectivity index (χ0) is 14.8. The van der Waals surface area contributed by atoms with Gasteiger partial charge in [0.05, 0.1) is 0 Å². The van der Waals surface area contributed by atoms with Crippen LogP contribution < -0.4 is 5.32 Å². The molecular weight excluding hydrogens is 302 g/mol. The summed E-state index contributed by atoms with van der Waals surface area (Å²) in [6, 6.07) is 12.2. The summed E-state index contributed by atoms with van der Waals surface area (Å²) >= 11 is 3.05. The second-order valence-electron chi connectivity index (χ2n) is 4.83. The van der Waals surface area contributed by atoms with Crippen LogP contribution >= 0.6 is 22.7 Å². The Kier molecular flexibility index (Phi) is 4.05. The Hall–Kier alpha value is -1.69. The molecule has 3 aromatic rings. The third-order valence-electron chi connectivity index (χ3n) is 3.45. The number of carboxylic acid groups (broad SMARTS) is 1. The molecule has 0 aliphatic rings. The first-order valence-corrected chi connectivity index (χ1v) is 8.37. The summed E-state index contributed by atoms with van der Waals surface area (Å²) in [5.41, 5.74) is 0.881. The van der Waals surface area contributed by atoms with Gasteiger partial charge in [0.15, 0.2) is 0 Å². The highest BCUT2D eigenvalue weighted by Gasteiger charge is 2.18. The number of aromatic carboxylic acids is 1. The Morgan fingerprint density at radius 3 is 2.81 bits per heavy atom. The lowest BCUT2D eigenvalue weighted by molar-refractivity contribution is 0.0701. The van der Waals surface area contributed by atoms with Gasteiger partial charge in [0, 0.05) is 22.2 Å². The smallest absolute Gasteiger partial charge is 0.346 e. The largest absolute Gasteiger partial charge is 0.477 e. The second kappa shape index (κ2) is 5.97. The van der Waals surface area contributed by atoms with Crippen molar-refractivity contribution in [2.24, 2.45) is 0 Å². The van der Waals surface area contributed by atoms with Crippen LogP contribution in [0.4, 0.5) is 0 Å². The van der Waals surface area contributed by atoms with Crippen molar-refractivity contribution in [1.29, 1.82) is 0 Å². The van der Waals surface area contributed by atoms with Gasteiger partial charge < -0.3 is 10.4 Å². The molecule has 0 fully saturated rings. The van der Waals surface area contributed by atoms with Gasteiger partial charge in [-0.2, -0.15) is 0 Å². The number of rotatable bonds is 5. The van der Waals surface area contributed by atoms with Crippen LogP contribution in [0.25, 0.3) is 10.1 Å². The fourth-order valence-electron chi connectivity index (χ4n) is 2.34. The van der Waals surface area contributed by atoms with Crippen molar-refractivity contribution in [3.63, 3.8) is 0 Å². The van der Waals surface area contributed by atoms with Gasteiger partial charge in [0.25, 0.3) is 0 Å². The number of carbonyl (C=O) groups is 1. The van der Waals surface area contributed by atoms with Crippen molar-refractivity contribution in [3.05, 3.63) is 57.1 Å². The number of benzene rings is 1. The Morgan fingerprint density at radius 2 is 2.10 bits per heavy atom. The number of hydrogen-bond donors (Lipinski definition) is 2. The van der Waals surface area contributed by atoms with Gasteiger partial charge in [-0.3, -0.25) is 0 Å². The average molecular weight is 317 g/mol. The first-order chi connectivity index (χ1) is 10.2. The second-order valence-corrected chi connectivity index (χ2v) is 6.86. The van der Waals surface area contributed by atoms with E-state index in [1.807, 2.05) is 30.3 Å². The summed E-state index contributed by atoms with van der Waals surface area (Å²) in [5, 5.41) is 15.9. The summed E-state index contributed by atoms with van der Waals surface area (Å²) in [4.78, 5) is 13.1. The zero-order valence-electron chi connectivity index (χ0n) is 11.5. The molecule has 0 amide bonds. The van der Waals surface area contributed by atoms with E-state index in [1.165, 1.54) is 16.2 Å². The molecule has 1 aromatic carbocycles. The van der Waals surface area contributed by atoms with E-state index in [0.717, 1.165) is 15.6 Å². The van der Waals surface area contributed by atoms with Gasteiger partial charge >= 0.3 is 5.97 Å². The van der Waals surface area contributed by atoms with Crippen LogP contribution in [0.2, 0.25) is 0 Å². The van der Waals surface area contributed by atoms with Crippen LogP contribution in [0, 0.1) is 0 Å². The average Bonchev–Trinajstić information content (AvgIpc) is 3.12. The first-order valence-electron chi connectivity index (χ1n) is 6.67. The third-order valence-corrected chi connectivity index (χ3v) is 5.70. The summed E-state index contributed by atoms with van der Waals surface area (Å²) in [6.45, 7) is 2.66. The van der Waals surface area contributed by atoms with Crippen LogP contribution in [0.3, 0.4) is 0 Å². The van der Waals surface area contributed by atoms with E-state index in [4.69, 9.17) is 0 Å². The van der Waals surface area contributed by atoms with Crippen LogP contribution in [0.1, 0.15) is 33.1 Å². The molecule has 0 saturated heterocycles. The van der Waals surface area contributed by atoms with Gasteiger partial charge in [-0.15, -0.1) is 22.7 Å². The van der Waals surface area contributed by atoms with Crippen molar-refractivity contribution in [3.8, 4) is 0 Å². The number of hydrogen-bond acceptors (Lipinski definition) is 4. The topological polar surface area (TPSA) is 49.3 Å². The molecule has 21 heavy (non-hydrogen) atoms. The third kappa shape index (κ3) is 2.85. The molecule has 0 bridgehead atoms. The normalized spacial score (nSPS) is 12.6. The zero-order valence-corrected chi connectivity index (χ0v) is 13.1. The molecule has 2 heterocycles. The lowest BCUT2D eigenvalue weighted by Crippen LogP contribution is -2.18. The standard InChI is InChI=1S/C16H15NO2S2/c1-10(13-7-4-8-20-13)17-9-12-11-5-2-3-6-14(11)21-15(12)16(18)19/h2-8,10,17H,9H2,1H3,(H,18,19). The molecule has 2 aromatic heterocycles. The number of carboxylic acids is 1. The van der Waals surface area contributed by atoms with E-state index < -0.39 is 5.97 Å². The molecule has 108 valence electrons. The summed E-state index contributed by atoms with van der Waals surface area (Å²) in [6.07, 6.45) is 0. The lowest BCUT2D eigenvalue weighted by atomic mass is 10.1. The quantitative estimate of drug-likeness (QED) is 0.728. The molecule has 3 nitrogen and oxygen atoms in total.